The van der Waals surface area contributed by atoms with Crippen molar-refractivity contribution in [1.29, 1.82) is 0 Å². The van der Waals surface area contributed by atoms with Crippen LogP contribution >= 0.6 is 0 Å². The third kappa shape index (κ3) is 5.84. The standard InChI is InChI=1S/C25H31FO8/c1-14-10-18(26)22(27)23-19(33-25(3,4)34-23)9-7-8-16-11-17(30-6)12-20(31-13-29-5)21(16)24(28)32-15(14)2/h7-8,10-12,14-15,19,23H,9,13H2,1-6H3/b8-7+,18-10+/t14-,15+,19+,23+/m1/s1. The van der Waals surface area contributed by atoms with E-state index < -0.39 is 47.6 Å². The molecule has 1 aromatic rings. The van der Waals surface area contributed by atoms with Gasteiger partial charge in [0.05, 0.1) is 13.2 Å². The van der Waals surface area contributed by atoms with Crippen LogP contribution in [0.3, 0.4) is 0 Å². The molecule has 0 bridgehead atoms. The van der Waals surface area contributed by atoms with Gasteiger partial charge in [-0.05, 0) is 44.9 Å². The lowest BCUT2D eigenvalue weighted by molar-refractivity contribution is -0.153. The third-order valence-electron chi connectivity index (χ3n) is 5.66. The Morgan fingerprint density at radius 3 is 2.56 bits per heavy atom. The molecule has 3 rings (SSSR count). The number of esters is 1. The SMILES string of the molecule is COCOc1cc(OC)cc2c1C(=O)O[C@@H](C)[C@H](C)/C=C(/F)C(=O)[C@H]1OC(C)(C)O[C@H]1C/C=C/2. The van der Waals surface area contributed by atoms with Crippen molar-refractivity contribution in [3.63, 3.8) is 0 Å². The normalized spacial score (nSPS) is 29.7. The van der Waals surface area contributed by atoms with E-state index in [1.807, 2.05) is 0 Å². The zero-order valence-electron chi connectivity index (χ0n) is 20.3. The van der Waals surface area contributed by atoms with E-state index in [1.54, 1.807) is 52.0 Å². The first-order chi connectivity index (χ1) is 16.1. The Bertz CT molecular complexity index is 983. The van der Waals surface area contributed by atoms with E-state index in [0.717, 1.165) is 6.08 Å². The van der Waals surface area contributed by atoms with E-state index >= 15 is 0 Å². The predicted octanol–water partition coefficient (Wildman–Crippen LogP) is 4.22. The van der Waals surface area contributed by atoms with Crippen LogP contribution in [0.5, 0.6) is 11.5 Å². The van der Waals surface area contributed by atoms with Crippen LogP contribution in [-0.4, -0.2) is 56.9 Å². The molecule has 34 heavy (non-hydrogen) atoms. The summed E-state index contributed by atoms with van der Waals surface area (Å²) in [6, 6.07) is 3.24. The molecule has 0 radical (unpaired) electrons. The Balaban J connectivity index is 2.10. The fourth-order valence-electron chi connectivity index (χ4n) is 3.79. The quantitative estimate of drug-likeness (QED) is 0.470. The summed E-state index contributed by atoms with van der Waals surface area (Å²) in [6.45, 7) is 6.52. The molecule has 2 aliphatic rings. The van der Waals surface area contributed by atoms with Crippen LogP contribution in [0.1, 0.15) is 50.0 Å². The molecule has 8 nitrogen and oxygen atoms in total. The van der Waals surface area contributed by atoms with Gasteiger partial charge in [0.25, 0.3) is 0 Å². The van der Waals surface area contributed by atoms with Gasteiger partial charge in [0.2, 0.25) is 5.78 Å². The first-order valence-electron chi connectivity index (χ1n) is 11.0. The molecule has 4 atom stereocenters. The number of carbonyl (C=O) groups excluding carboxylic acids is 2. The second-order valence-electron chi connectivity index (χ2n) is 8.72. The minimum absolute atomic E-state index is 0.0946. The van der Waals surface area contributed by atoms with Crippen LogP contribution in [0.2, 0.25) is 0 Å². The molecule has 2 heterocycles. The smallest absolute Gasteiger partial charge is 0.342 e. The number of hydrogen-bond acceptors (Lipinski definition) is 8. The number of fused-ring (bicyclic) bond motifs is 2. The predicted molar refractivity (Wildman–Crippen MR) is 121 cm³/mol. The van der Waals surface area contributed by atoms with Crippen LogP contribution in [0, 0.1) is 5.92 Å². The molecule has 1 saturated heterocycles. The molecular weight excluding hydrogens is 447 g/mol. The van der Waals surface area contributed by atoms with Gasteiger partial charge < -0.3 is 28.4 Å². The van der Waals surface area contributed by atoms with E-state index in [2.05, 4.69) is 0 Å². The van der Waals surface area contributed by atoms with Gasteiger partial charge in [-0.2, -0.15) is 0 Å². The van der Waals surface area contributed by atoms with Crippen LogP contribution in [0.25, 0.3) is 6.08 Å². The number of cyclic esters (lactones) is 1. The maximum Gasteiger partial charge on any atom is 0.342 e. The number of benzene rings is 1. The molecule has 1 aromatic carbocycles. The number of ether oxygens (including phenoxy) is 6. The lowest BCUT2D eigenvalue weighted by atomic mass is 9.99. The van der Waals surface area contributed by atoms with Gasteiger partial charge in [0.15, 0.2) is 24.5 Å². The lowest BCUT2D eigenvalue weighted by Crippen LogP contribution is -2.32. The minimum atomic E-state index is -1.10. The van der Waals surface area contributed by atoms with Crippen LogP contribution < -0.4 is 9.47 Å². The highest BCUT2D eigenvalue weighted by molar-refractivity contribution is 5.98. The number of carbonyl (C=O) groups is 2. The van der Waals surface area contributed by atoms with Crippen molar-refractivity contribution in [2.24, 2.45) is 5.92 Å². The highest BCUT2D eigenvalue weighted by Gasteiger charge is 2.45. The number of rotatable bonds is 4. The summed E-state index contributed by atoms with van der Waals surface area (Å²) in [5.41, 5.74) is 0.654. The lowest BCUT2D eigenvalue weighted by Gasteiger charge is -2.21. The topological polar surface area (TPSA) is 89.5 Å². The monoisotopic (exact) mass is 478 g/mol. The molecule has 0 saturated carbocycles. The van der Waals surface area contributed by atoms with Crippen molar-refractivity contribution >= 4 is 17.8 Å². The molecule has 2 aliphatic heterocycles. The Hall–Kier alpha value is -2.75. The molecule has 0 aromatic heterocycles. The van der Waals surface area contributed by atoms with Crippen LogP contribution in [-0.2, 0) is 23.7 Å². The van der Waals surface area contributed by atoms with Crippen molar-refractivity contribution < 1.29 is 42.4 Å². The van der Waals surface area contributed by atoms with E-state index in [-0.39, 0.29) is 24.5 Å². The first-order valence-corrected chi connectivity index (χ1v) is 11.0. The summed E-state index contributed by atoms with van der Waals surface area (Å²) in [5.74, 6) is -3.38. The Morgan fingerprint density at radius 2 is 1.88 bits per heavy atom. The first kappa shape index (κ1) is 25.9. The maximum absolute atomic E-state index is 14.9. The van der Waals surface area contributed by atoms with E-state index in [0.29, 0.717) is 11.3 Å². The number of hydrogen-bond donors (Lipinski definition) is 0. The fourth-order valence-corrected chi connectivity index (χ4v) is 3.79. The number of ketones is 1. The molecule has 1 fully saturated rings. The van der Waals surface area contributed by atoms with Crippen LogP contribution in [0.15, 0.2) is 30.1 Å². The summed E-state index contributed by atoms with van der Waals surface area (Å²) in [7, 11) is 2.96. The molecule has 186 valence electrons. The zero-order valence-corrected chi connectivity index (χ0v) is 20.3. The number of halogens is 1. The van der Waals surface area contributed by atoms with Gasteiger partial charge in [0.1, 0.15) is 23.2 Å². The molecule has 9 heteroatoms. The summed E-state index contributed by atoms with van der Waals surface area (Å²) in [6.07, 6.45) is 2.23. The molecule has 0 aliphatic carbocycles. The highest BCUT2D eigenvalue weighted by atomic mass is 19.1. The molecule has 0 N–H and O–H groups in total. The van der Waals surface area contributed by atoms with Crippen molar-refractivity contribution in [2.45, 2.75) is 58.2 Å². The zero-order chi connectivity index (χ0) is 25.0. The molecular formula is C25H31FO8. The third-order valence-corrected chi connectivity index (χ3v) is 5.66. The number of Topliss-reactive ketones (excluding diaryl/α,β-unsaturated/α-hetero) is 1. The fraction of sp³-hybridized carbons (Fsp3) is 0.520. The van der Waals surface area contributed by atoms with Crippen molar-refractivity contribution in [3.05, 3.63) is 41.2 Å². The second kappa shape index (κ2) is 10.7. The van der Waals surface area contributed by atoms with Gasteiger partial charge >= 0.3 is 5.97 Å². The van der Waals surface area contributed by atoms with E-state index in [1.165, 1.54) is 14.2 Å². The van der Waals surface area contributed by atoms with Gasteiger partial charge in [-0.25, -0.2) is 9.18 Å². The van der Waals surface area contributed by atoms with Gasteiger partial charge in [-0.3, -0.25) is 4.79 Å². The average molecular weight is 479 g/mol. The Morgan fingerprint density at radius 1 is 1.15 bits per heavy atom. The Labute approximate surface area is 198 Å². The van der Waals surface area contributed by atoms with Crippen molar-refractivity contribution in [1.82, 2.24) is 0 Å². The highest BCUT2D eigenvalue weighted by Crippen LogP contribution is 2.35. The van der Waals surface area contributed by atoms with E-state index in [4.69, 9.17) is 28.4 Å². The van der Waals surface area contributed by atoms with Crippen molar-refractivity contribution in [2.75, 3.05) is 21.0 Å². The van der Waals surface area contributed by atoms with Gasteiger partial charge in [0, 0.05) is 19.1 Å². The second-order valence-corrected chi connectivity index (χ2v) is 8.72. The van der Waals surface area contributed by atoms with Crippen LogP contribution in [0.4, 0.5) is 4.39 Å². The molecule has 0 unspecified atom stereocenters. The molecule has 0 amide bonds. The minimum Gasteiger partial charge on any atom is -0.497 e. The largest absolute Gasteiger partial charge is 0.497 e. The van der Waals surface area contributed by atoms with E-state index in [9.17, 15) is 14.0 Å². The summed E-state index contributed by atoms with van der Waals surface area (Å²) in [5, 5.41) is 0. The van der Waals surface area contributed by atoms with Crippen molar-refractivity contribution in [3.8, 4) is 11.5 Å². The Kier molecular flexibility index (Phi) is 8.12. The summed E-state index contributed by atoms with van der Waals surface area (Å²) >= 11 is 0. The summed E-state index contributed by atoms with van der Waals surface area (Å²) < 4.78 is 48.0. The average Bonchev–Trinajstić information content (AvgIpc) is 3.09. The number of methoxy groups -OCH3 is 2. The van der Waals surface area contributed by atoms with Gasteiger partial charge in [-0.1, -0.05) is 19.1 Å². The summed E-state index contributed by atoms with van der Waals surface area (Å²) in [4.78, 5) is 26.0. The maximum atomic E-state index is 14.9. The molecule has 0 spiro atoms. The van der Waals surface area contributed by atoms with Gasteiger partial charge in [-0.15, -0.1) is 0 Å².